The minimum absolute atomic E-state index is 0.0987. The molecule has 0 spiro atoms. The van der Waals surface area contributed by atoms with E-state index in [-0.39, 0.29) is 17.4 Å². The number of nitrogens with one attached hydrogen (secondary N) is 1. The highest BCUT2D eigenvalue weighted by Crippen LogP contribution is 2.24. The molecule has 0 aromatic heterocycles. The first kappa shape index (κ1) is 15.5. The van der Waals surface area contributed by atoms with Crippen molar-refractivity contribution in [1.29, 1.82) is 0 Å². The van der Waals surface area contributed by atoms with Crippen LogP contribution in [0.5, 0.6) is 0 Å². The van der Waals surface area contributed by atoms with Gasteiger partial charge in [-0.25, -0.2) is 0 Å². The lowest BCUT2D eigenvalue weighted by atomic mass is 9.85. The Bertz CT molecular complexity index is 250. The van der Waals surface area contributed by atoms with E-state index in [4.69, 9.17) is 4.74 Å². The summed E-state index contributed by atoms with van der Waals surface area (Å²) in [5.41, 5.74) is -0.0987. The summed E-state index contributed by atoms with van der Waals surface area (Å²) in [6.07, 6.45) is 7.59. The molecule has 0 heterocycles. The van der Waals surface area contributed by atoms with E-state index in [1.165, 1.54) is 38.5 Å². The molecule has 106 valence electrons. The Morgan fingerprint density at radius 1 is 1.22 bits per heavy atom. The van der Waals surface area contributed by atoms with Crippen LogP contribution >= 0.6 is 0 Å². The fraction of sp³-hybridized carbons (Fsp3) is 0.933. The summed E-state index contributed by atoms with van der Waals surface area (Å²) in [4.78, 5) is 12.1. The van der Waals surface area contributed by atoms with Crippen molar-refractivity contribution in [2.24, 2.45) is 5.41 Å². The average molecular weight is 255 g/mol. The molecule has 1 aliphatic carbocycles. The van der Waals surface area contributed by atoms with Crippen LogP contribution in [-0.4, -0.2) is 24.7 Å². The summed E-state index contributed by atoms with van der Waals surface area (Å²) in [6.45, 7) is 8.61. The van der Waals surface area contributed by atoms with Gasteiger partial charge in [-0.05, 0) is 25.2 Å². The van der Waals surface area contributed by atoms with Gasteiger partial charge in [-0.15, -0.1) is 0 Å². The van der Waals surface area contributed by atoms with Gasteiger partial charge >= 0.3 is 5.97 Å². The highest BCUT2D eigenvalue weighted by Gasteiger charge is 2.34. The number of ether oxygens (including phenoxy) is 1. The van der Waals surface area contributed by atoms with Crippen LogP contribution in [0.3, 0.4) is 0 Å². The molecule has 0 bridgehead atoms. The molecule has 0 aromatic rings. The smallest absolute Gasteiger partial charge is 0.323 e. The third kappa shape index (κ3) is 4.97. The van der Waals surface area contributed by atoms with Gasteiger partial charge in [0.2, 0.25) is 0 Å². The highest BCUT2D eigenvalue weighted by molar-refractivity contribution is 5.76. The third-order valence-corrected chi connectivity index (χ3v) is 3.65. The van der Waals surface area contributed by atoms with Gasteiger partial charge in [0, 0.05) is 6.04 Å². The summed E-state index contributed by atoms with van der Waals surface area (Å²) < 4.78 is 5.20. The Morgan fingerprint density at radius 2 is 1.78 bits per heavy atom. The van der Waals surface area contributed by atoms with Crippen LogP contribution in [-0.2, 0) is 9.53 Å². The van der Waals surface area contributed by atoms with Crippen molar-refractivity contribution in [1.82, 2.24) is 5.32 Å². The van der Waals surface area contributed by atoms with Gasteiger partial charge in [0.1, 0.15) is 6.04 Å². The maximum absolute atomic E-state index is 12.1. The van der Waals surface area contributed by atoms with Gasteiger partial charge in [0.15, 0.2) is 0 Å². The van der Waals surface area contributed by atoms with Crippen LogP contribution in [0.15, 0.2) is 0 Å². The molecule has 1 fully saturated rings. The van der Waals surface area contributed by atoms with Crippen LogP contribution in [0.4, 0.5) is 0 Å². The highest BCUT2D eigenvalue weighted by atomic mass is 16.5. The minimum Gasteiger partial charge on any atom is -0.465 e. The average Bonchev–Trinajstić information content (AvgIpc) is 2.52. The molecular weight excluding hydrogens is 226 g/mol. The fourth-order valence-electron chi connectivity index (χ4n) is 2.58. The molecule has 3 heteroatoms. The monoisotopic (exact) mass is 255 g/mol. The quantitative estimate of drug-likeness (QED) is 0.619. The first-order valence-corrected chi connectivity index (χ1v) is 7.38. The largest absolute Gasteiger partial charge is 0.465 e. The number of hydrogen-bond acceptors (Lipinski definition) is 3. The van der Waals surface area contributed by atoms with E-state index in [0.29, 0.717) is 12.6 Å². The van der Waals surface area contributed by atoms with Gasteiger partial charge in [-0.2, -0.15) is 0 Å². The topological polar surface area (TPSA) is 38.3 Å². The van der Waals surface area contributed by atoms with Gasteiger partial charge < -0.3 is 10.1 Å². The molecule has 1 N–H and O–H groups in total. The van der Waals surface area contributed by atoms with Crippen molar-refractivity contribution in [3.8, 4) is 0 Å². The van der Waals surface area contributed by atoms with Crippen LogP contribution < -0.4 is 5.32 Å². The van der Waals surface area contributed by atoms with E-state index in [1.54, 1.807) is 0 Å². The van der Waals surface area contributed by atoms with E-state index in [1.807, 2.05) is 6.92 Å². The van der Waals surface area contributed by atoms with E-state index < -0.39 is 0 Å². The molecule has 1 atom stereocenters. The number of carbonyl (C=O) groups excluding carboxylic acids is 1. The summed E-state index contributed by atoms with van der Waals surface area (Å²) in [5.74, 6) is -0.103. The Kier molecular flexibility index (Phi) is 6.13. The lowest BCUT2D eigenvalue weighted by Crippen LogP contribution is -2.51. The lowest BCUT2D eigenvalue weighted by Gasteiger charge is -2.33. The van der Waals surface area contributed by atoms with E-state index in [0.717, 1.165) is 0 Å². The van der Waals surface area contributed by atoms with Crippen molar-refractivity contribution in [3.63, 3.8) is 0 Å². The zero-order chi connectivity index (χ0) is 13.6. The van der Waals surface area contributed by atoms with Crippen molar-refractivity contribution in [3.05, 3.63) is 0 Å². The maximum atomic E-state index is 12.1. The second-order valence-corrected chi connectivity index (χ2v) is 6.41. The number of esters is 1. The van der Waals surface area contributed by atoms with Gasteiger partial charge in [0.25, 0.3) is 0 Å². The summed E-state index contributed by atoms with van der Waals surface area (Å²) in [5, 5.41) is 3.55. The zero-order valence-electron chi connectivity index (χ0n) is 12.4. The van der Waals surface area contributed by atoms with Gasteiger partial charge in [0.05, 0.1) is 6.61 Å². The molecule has 18 heavy (non-hydrogen) atoms. The molecule has 1 aliphatic rings. The fourth-order valence-corrected chi connectivity index (χ4v) is 2.58. The molecule has 3 nitrogen and oxygen atoms in total. The van der Waals surface area contributed by atoms with Gasteiger partial charge in [-0.3, -0.25) is 4.79 Å². The first-order valence-electron chi connectivity index (χ1n) is 7.38. The molecule has 1 unspecified atom stereocenters. The SMILES string of the molecule is CCOC(=O)C(NC1CCCCCC1)C(C)(C)C. The van der Waals surface area contributed by atoms with E-state index in [2.05, 4.69) is 26.1 Å². The molecular formula is C15H29NO2. The predicted octanol–water partition coefficient (Wildman–Crippen LogP) is 3.28. The van der Waals surface area contributed by atoms with Crippen molar-refractivity contribution in [2.45, 2.75) is 78.3 Å². The molecule has 0 aliphatic heterocycles. The van der Waals surface area contributed by atoms with Crippen LogP contribution in [0.1, 0.15) is 66.2 Å². The standard InChI is InChI=1S/C15H29NO2/c1-5-18-14(17)13(15(2,3)4)16-12-10-8-6-7-9-11-12/h12-13,16H,5-11H2,1-4H3. The first-order chi connectivity index (χ1) is 8.45. The molecule has 1 rings (SSSR count). The molecule has 0 radical (unpaired) electrons. The lowest BCUT2D eigenvalue weighted by molar-refractivity contribution is -0.149. The number of hydrogen-bond donors (Lipinski definition) is 1. The van der Waals surface area contributed by atoms with Crippen molar-refractivity contribution >= 4 is 5.97 Å². The Balaban J connectivity index is 2.62. The van der Waals surface area contributed by atoms with E-state index in [9.17, 15) is 4.79 Å². The summed E-state index contributed by atoms with van der Waals surface area (Å²) in [6, 6.07) is 0.279. The Labute approximate surface area is 112 Å². The number of carbonyl (C=O) groups is 1. The Morgan fingerprint density at radius 3 is 2.22 bits per heavy atom. The normalized spacial score (nSPS) is 20.2. The van der Waals surface area contributed by atoms with Gasteiger partial charge in [-0.1, -0.05) is 46.5 Å². The Hall–Kier alpha value is -0.570. The van der Waals surface area contributed by atoms with Crippen molar-refractivity contribution in [2.75, 3.05) is 6.61 Å². The third-order valence-electron chi connectivity index (χ3n) is 3.65. The van der Waals surface area contributed by atoms with Crippen molar-refractivity contribution < 1.29 is 9.53 Å². The zero-order valence-corrected chi connectivity index (χ0v) is 12.4. The predicted molar refractivity (Wildman–Crippen MR) is 74.5 cm³/mol. The number of rotatable bonds is 4. The second-order valence-electron chi connectivity index (χ2n) is 6.41. The van der Waals surface area contributed by atoms with Crippen LogP contribution in [0.25, 0.3) is 0 Å². The molecule has 0 aromatic carbocycles. The summed E-state index contributed by atoms with van der Waals surface area (Å²) in [7, 11) is 0. The molecule has 1 saturated carbocycles. The molecule has 0 amide bonds. The van der Waals surface area contributed by atoms with E-state index >= 15 is 0 Å². The minimum atomic E-state index is -0.194. The maximum Gasteiger partial charge on any atom is 0.323 e. The van der Waals surface area contributed by atoms with Crippen LogP contribution in [0, 0.1) is 5.41 Å². The second kappa shape index (κ2) is 7.13. The molecule has 0 saturated heterocycles. The van der Waals surface area contributed by atoms with Crippen LogP contribution in [0.2, 0.25) is 0 Å². The summed E-state index contributed by atoms with van der Waals surface area (Å²) >= 11 is 0.